The average Bonchev–Trinajstić information content (AvgIpc) is 2.63. The molecular formula is C20H31F3N2O3S. The topological polar surface area (TPSA) is 66.5 Å². The quantitative estimate of drug-likeness (QED) is 0.521. The maximum atomic E-state index is 12.9. The van der Waals surface area contributed by atoms with E-state index in [1.54, 1.807) is 0 Å². The first kappa shape index (κ1) is 25.3. The summed E-state index contributed by atoms with van der Waals surface area (Å²) in [6.45, 7) is 4.70. The van der Waals surface area contributed by atoms with E-state index >= 15 is 0 Å². The van der Waals surface area contributed by atoms with E-state index in [0.29, 0.717) is 12.5 Å². The van der Waals surface area contributed by atoms with E-state index in [2.05, 4.69) is 19.2 Å². The van der Waals surface area contributed by atoms with Gasteiger partial charge in [-0.25, -0.2) is 8.42 Å². The van der Waals surface area contributed by atoms with Crippen LogP contribution in [0, 0.1) is 5.92 Å². The number of carbonyl (C=O) groups is 1. The number of nitrogens with zero attached hydrogens (tertiary/aromatic N) is 1. The molecule has 0 unspecified atom stereocenters. The van der Waals surface area contributed by atoms with Crippen LogP contribution >= 0.6 is 0 Å². The second-order valence-corrected chi connectivity index (χ2v) is 9.11. The second kappa shape index (κ2) is 11.4. The Hall–Kier alpha value is -1.77. The molecule has 0 spiro atoms. The van der Waals surface area contributed by atoms with E-state index < -0.39 is 21.8 Å². The summed E-state index contributed by atoms with van der Waals surface area (Å²) in [6, 6.07) is 4.18. The number of halogens is 3. The van der Waals surface area contributed by atoms with Gasteiger partial charge in [0.05, 0.1) is 17.5 Å². The molecule has 1 atom stereocenters. The fourth-order valence-electron chi connectivity index (χ4n) is 3.00. The molecule has 1 aromatic carbocycles. The normalized spacial score (nSPS) is 13.2. The highest BCUT2D eigenvalue weighted by Gasteiger charge is 2.31. The summed E-state index contributed by atoms with van der Waals surface area (Å²) in [5, 5.41) is 2.87. The molecule has 1 N–H and O–H groups in total. The highest BCUT2D eigenvalue weighted by molar-refractivity contribution is 7.92. The Labute approximate surface area is 171 Å². The second-order valence-electron chi connectivity index (χ2n) is 7.21. The number of benzene rings is 1. The van der Waals surface area contributed by atoms with E-state index in [0.717, 1.165) is 48.4 Å². The number of amides is 1. The van der Waals surface area contributed by atoms with Crippen LogP contribution < -0.4 is 9.62 Å². The van der Waals surface area contributed by atoms with Crippen molar-refractivity contribution in [1.29, 1.82) is 0 Å². The molecule has 0 aliphatic heterocycles. The van der Waals surface area contributed by atoms with Crippen LogP contribution in [0.15, 0.2) is 24.3 Å². The molecular weight excluding hydrogens is 405 g/mol. The van der Waals surface area contributed by atoms with Gasteiger partial charge < -0.3 is 5.32 Å². The van der Waals surface area contributed by atoms with Gasteiger partial charge >= 0.3 is 6.18 Å². The summed E-state index contributed by atoms with van der Waals surface area (Å²) in [5.41, 5.74) is -0.979. The minimum Gasteiger partial charge on any atom is -0.356 e. The Morgan fingerprint density at radius 2 is 1.90 bits per heavy atom. The van der Waals surface area contributed by atoms with Crippen LogP contribution in [0.3, 0.4) is 0 Å². The Bertz CT molecular complexity index is 752. The number of anilines is 1. The Morgan fingerprint density at radius 3 is 2.45 bits per heavy atom. The molecule has 1 amide bonds. The largest absolute Gasteiger partial charge is 0.416 e. The van der Waals surface area contributed by atoms with Gasteiger partial charge in [0.2, 0.25) is 15.9 Å². The van der Waals surface area contributed by atoms with Crippen molar-refractivity contribution < 1.29 is 26.4 Å². The fourth-order valence-corrected chi connectivity index (χ4v) is 3.95. The van der Waals surface area contributed by atoms with Crippen LogP contribution in [-0.2, 0) is 21.0 Å². The smallest absolute Gasteiger partial charge is 0.356 e. The van der Waals surface area contributed by atoms with Crippen LogP contribution in [0.4, 0.5) is 18.9 Å². The molecule has 166 valence electrons. The van der Waals surface area contributed by atoms with Gasteiger partial charge in [-0.2, -0.15) is 13.2 Å². The molecule has 0 heterocycles. The van der Waals surface area contributed by atoms with Gasteiger partial charge in [-0.15, -0.1) is 0 Å². The van der Waals surface area contributed by atoms with Gasteiger partial charge in [0.15, 0.2) is 0 Å². The van der Waals surface area contributed by atoms with Crippen molar-refractivity contribution in [1.82, 2.24) is 5.32 Å². The molecule has 0 bridgehead atoms. The van der Waals surface area contributed by atoms with Crippen molar-refractivity contribution in [2.24, 2.45) is 5.92 Å². The zero-order valence-electron chi connectivity index (χ0n) is 17.3. The zero-order valence-corrected chi connectivity index (χ0v) is 18.1. The number of alkyl halides is 3. The van der Waals surface area contributed by atoms with E-state index in [9.17, 15) is 26.4 Å². The number of carbonyl (C=O) groups excluding carboxylic acids is 1. The van der Waals surface area contributed by atoms with Crippen molar-refractivity contribution >= 4 is 21.6 Å². The van der Waals surface area contributed by atoms with Crippen LogP contribution in [0.25, 0.3) is 0 Å². The van der Waals surface area contributed by atoms with Gasteiger partial charge in [-0.3, -0.25) is 9.10 Å². The maximum Gasteiger partial charge on any atom is 0.416 e. The number of rotatable bonds is 12. The fraction of sp³-hybridized carbons (Fsp3) is 0.650. The molecule has 0 saturated carbocycles. The Kier molecular flexibility index (Phi) is 9.95. The molecule has 0 aromatic heterocycles. The molecule has 5 nitrogen and oxygen atoms in total. The summed E-state index contributed by atoms with van der Waals surface area (Å²) in [6.07, 6.45) is 0.911. The molecule has 9 heteroatoms. The van der Waals surface area contributed by atoms with E-state index in [-0.39, 0.29) is 31.0 Å². The minimum absolute atomic E-state index is 0.0617. The van der Waals surface area contributed by atoms with Crippen molar-refractivity contribution in [2.45, 2.75) is 58.5 Å². The lowest BCUT2D eigenvalue weighted by Gasteiger charge is -2.23. The van der Waals surface area contributed by atoms with E-state index in [4.69, 9.17) is 0 Å². The van der Waals surface area contributed by atoms with E-state index in [1.165, 1.54) is 12.1 Å². The molecule has 0 aliphatic rings. The lowest BCUT2D eigenvalue weighted by molar-refractivity contribution is -0.137. The molecule has 0 saturated heterocycles. The first-order chi connectivity index (χ1) is 13.5. The predicted molar refractivity (Wildman–Crippen MR) is 109 cm³/mol. The highest BCUT2D eigenvalue weighted by atomic mass is 32.2. The molecule has 0 aliphatic carbocycles. The van der Waals surface area contributed by atoms with Gasteiger partial charge in [-0.05, 0) is 37.0 Å². The standard InChI is InChI=1S/C20H31F3N2O3S/c1-4-6-9-16(5-2)15-24-19(26)12-8-13-25(29(3,27)28)18-11-7-10-17(14-18)20(21,22)23/h7,10-11,14,16H,4-6,8-9,12-13,15H2,1-3H3,(H,24,26)/t16-/m1/s1. The summed E-state index contributed by atoms with van der Waals surface area (Å²) in [7, 11) is -3.78. The number of sulfonamides is 1. The number of hydrogen-bond acceptors (Lipinski definition) is 3. The third-order valence-electron chi connectivity index (χ3n) is 4.76. The van der Waals surface area contributed by atoms with Crippen molar-refractivity contribution in [2.75, 3.05) is 23.7 Å². The van der Waals surface area contributed by atoms with Crippen LogP contribution in [0.1, 0.15) is 57.9 Å². The van der Waals surface area contributed by atoms with Gasteiger partial charge in [-0.1, -0.05) is 39.2 Å². The Morgan fingerprint density at radius 1 is 1.21 bits per heavy atom. The first-order valence-electron chi connectivity index (χ1n) is 9.90. The lowest BCUT2D eigenvalue weighted by Crippen LogP contribution is -2.33. The zero-order chi connectivity index (χ0) is 22.1. The van der Waals surface area contributed by atoms with Crippen molar-refractivity contribution in [3.63, 3.8) is 0 Å². The molecule has 1 aromatic rings. The minimum atomic E-state index is -4.56. The number of nitrogens with one attached hydrogen (secondary N) is 1. The third-order valence-corrected chi connectivity index (χ3v) is 5.95. The molecule has 1 rings (SSSR count). The SMILES string of the molecule is CCCC[C@@H](CC)CNC(=O)CCCN(c1cccc(C(F)(F)F)c1)S(C)(=O)=O. The van der Waals surface area contributed by atoms with Crippen molar-refractivity contribution in [3.8, 4) is 0 Å². The van der Waals surface area contributed by atoms with Crippen LogP contribution in [-0.4, -0.2) is 33.7 Å². The maximum absolute atomic E-state index is 12.9. The predicted octanol–water partition coefficient (Wildman–Crippen LogP) is 4.58. The Balaban J connectivity index is 2.67. The molecule has 0 radical (unpaired) electrons. The summed E-state index contributed by atoms with van der Waals surface area (Å²) in [4.78, 5) is 12.1. The number of unbranched alkanes of at least 4 members (excludes halogenated alkanes) is 1. The molecule has 29 heavy (non-hydrogen) atoms. The van der Waals surface area contributed by atoms with Crippen molar-refractivity contribution in [3.05, 3.63) is 29.8 Å². The van der Waals surface area contributed by atoms with E-state index in [1.807, 2.05) is 0 Å². The van der Waals surface area contributed by atoms with Gasteiger partial charge in [0.25, 0.3) is 0 Å². The van der Waals surface area contributed by atoms with Gasteiger partial charge in [0, 0.05) is 19.5 Å². The van der Waals surface area contributed by atoms with Gasteiger partial charge in [0.1, 0.15) is 0 Å². The summed E-state index contributed by atoms with van der Waals surface area (Å²) in [5.74, 6) is 0.231. The number of hydrogen-bond donors (Lipinski definition) is 1. The molecule has 0 fully saturated rings. The monoisotopic (exact) mass is 436 g/mol. The summed E-state index contributed by atoms with van der Waals surface area (Å²) >= 11 is 0. The first-order valence-corrected chi connectivity index (χ1v) is 11.8. The summed E-state index contributed by atoms with van der Waals surface area (Å²) < 4.78 is 63.8. The third kappa shape index (κ3) is 9.06. The lowest BCUT2D eigenvalue weighted by atomic mass is 9.99. The van der Waals surface area contributed by atoms with Crippen LogP contribution in [0.2, 0.25) is 0 Å². The van der Waals surface area contributed by atoms with Crippen LogP contribution in [0.5, 0.6) is 0 Å². The highest BCUT2D eigenvalue weighted by Crippen LogP contribution is 2.32. The average molecular weight is 437 g/mol.